The van der Waals surface area contributed by atoms with Crippen LogP contribution in [0.5, 0.6) is 0 Å². The number of nitrogens with one attached hydrogen (secondary N) is 2. The number of sulfonamides is 1. The molecule has 2 rings (SSSR count). The van der Waals surface area contributed by atoms with Gasteiger partial charge in [0.25, 0.3) is 0 Å². The zero-order valence-electron chi connectivity index (χ0n) is 18.9. The Morgan fingerprint density at radius 2 is 1.59 bits per heavy atom. The predicted molar refractivity (Wildman–Crippen MR) is 120 cm³/mol. The molecule has 32 heavy (non-hydrogen) atoms. The van der Waals surface area contributed by atoms with Crippen LogP contribution < -0.4 is 10.0 Å². The van der Waals surface area contributed by atoms with Crippen molar-refractivity contribution in [3.05, 3.63) is 65.7 Å². The lowest BCUT2D eigenvalue weighted by Gasteiger charge is -2.29. The molecule has 0 radical (unpaired) electrons. The van der Waals surface area contributed by atoms with Crippen molar-refractivity contribution in [2.75, 3.05) is 6.61 Å². The fourth-order valence-corrected chi connectivity index (χ4v) is 4.12. The maximum atomic E-state index is 13.1. The van der Waals surface area contributed by atoms with Crippen LogP contribution in [0.25, 0.3) is 0 Å². The molecule has 0 fully saturated rings. The quantitative estimate of drug-likeness (QED) is 0.581. The Balaban J connectivity index is 2.47. The lowest BCUT2D eigenvalue weighted by atomic mass is 10.0. The zero-order valence-corrected chi connectivity index (χ0v) is 19.7. The molecule has 9 heteroatoms. The van der Waals surface area contributed by atoms with Gasteiger partial charge in [0.05, 0.1) is 17.5 Å². The molecule has 2 aromatic rings. The smallest absolute Gasteiger partial charge is 0.408 e. The van der Waals surface area contributed by atoms with E-state index in [9.17, 15) is 18.0 Å². The minimum Gasteiger partial charge on any atom is -0.464 e. The standard InChI is InChI=1S/C23H30N2O6S/c1-6-30-21(26)20(24-22(27)31-23(3,4)5)19(17-10-8-7-9-11-17)25-32(28,29)18-14-12-16(2)13-15-18/h7-15,19-20,25H,6H2,1-5H3,(H,24,27)/t19-,20-/m0/s1. The summed E-state index contributed by atoms with van der Waals surface area (Å²) >= 11 is 0. The summed E-state index contributed by atoms with van der Waals surface area (Å²) in [7, 11) is -4.04. The average molecular weight is 463 g/mol. The average Bonchev–Trinajstić information content (AvgIpc) is 2.70. The van der Waals surface area contributed by atoms with Crippen LogP contribution in [-0.2, 0) is 24.3 Å². The molecule has 0 aliphatic carbocycles. The van der Waals surface area contributed by atoms with Crippen molar-refractivity contribution < 1.29 is 27.5 Å². The fourth-order valence-electron chi connectivity index (χ4n) is 2.89. The monoisotopic (exact) mass is 462 g/mol. The van der Waals surface area contributed by atoms with Crippen LogP contribution in [0.15, 0.2) is 59.5 Å². The third kappa shape index (κ3) is 7.35. The summed E-state index contributed by atoms with van der Waals surface area (Å²) in [6.07, 6.45) is -0.869. The molecule has 0 aliphatic heterocycles. The first-order valence-corrected chi connectivity index (χ1v) is 11.7. The zero-order chi connectivity index (χ0) is 23.9. The number of hydrogen-bond acceptors (Lipinski definition) is 6. The number of carbonyl (C=O) groups is 2. The van der Waals surface area contributed by atoms with E-state index < -0.39 is 39.8 Å². The van der Waals surface area contributed by atoms with E-state index >= 15 is 0 Å². The maximum Gasteiger partial charge on any atom is 0.408 e. The number of rotatable bonds is 8. The summed E-state index contributed by atoms with van der Waals surface area (Å²) in [5, 5.41) is 2.48. The molecule has 8 nitrogen and oxygen atoms in total. The van der Waals surface area contributed by atoms with E-state index in [1.165, 1.54) is 12.1 Å². The molecule has 0 unspecified atom stereocenters. The van der Waals surface area contributed by atoms with Crippen molar-refractivity contribution in [1.29, 1.82) is 0 Å². The summed E-state index contributed by atoms with van der Waals surface area (Å²) in [5.41, 5.74) is 0.560. The molecule has 2 atom stereocenters. The summed E-state index contributed by atoms with van der Waals surface area (Å²) in [4.78, 5) is 25.3. The molecule has 174 valence electrons. The van der Waals surface area contributed by atoms with Crippen LogP contribution in [-0.4, -0.2) is 38.7 Å². The van der Waals surface area contributed by atoms with Gasteiger partial charge in [-0.25, -0.2) is 22.7 Å². The van der Waals surface area contributed by atoms with Gasteiger partial charge < -0.3 is 14.8 Å². The van der Waals surface area contributed by atoms with Crippen LogP contribution in [0.1, 0.15) is 44.9 Å². The second-order valence-electron chi connectivity index (χ2n) is 8.20. The highest BCUT2D eigenvalue weighted by molar-refractivity contribution is 7.89. The largest absolute Gasteiger partial charge is 0.464 e. The molecule has 0 aliphatic rings. The second kappa shape index (κ2) is 10.6. The Bertz CT molecular complexity index is 1010. The molecule has 0 bridgehead atoms. The van der Waals surface area contributed by atoms with Gasteiger partial charge in [0, 0.05) is 0 Å². The van der Waals surface area contributed by atoms with Crippen molar-refractivity contribution in [2.45, 2.75) is 57.2 Å². The van der Waals surface area contributed by atoms with Gasteiger partial charge in [-0.1, -0.05) is 48.0 Å². The van der Waals surface area contributed by atoms with Gasteiger partial charge in [-0.3, -0.25) is 0 Å². The Kier molecular flexibility index (Phi) is 8.40. The predicted octanol–water partition coefficient (Wildman–Crippen LogP) is 3.47. The van der Waals surface area contributed by atoms with E-state index in [1.54, 1.807) is 70.2 Å². The first-order valence-electron chi connectivity index (χ1n) is 10.2. The second-order valence-corrected chi connectivity index (χ2v) is 9.91. The number of benzene rings is 2. The maximum absolute atomic E-state index is 13.1. The van der Waals surface area contributed by atoms with E-state index in [1.807, 2.05) is 6.92 Å². The highest BCUT2D eigenvalue weighted by Gasteiger charge is 2.36. The van der Waals surface area contributed by atoms with Gasteiger partial charge in [0.1, 0.15) is 5.60 Å². The van der Waals surface area contributed by atoms with Crippen molar-refractivity contribution in [3.63, 3.8) is 0 Å². The fraction of sp³-hybridized carbons (Fsp3) is 0.391. The number of esters is 1. The van der Waals surface area contributed by atoms with E-state index in [0.29, 0.717) is 5.56 Å². The first kappa shape index (κ1) is 25.4. The Labute approximate surface area is 189 Å². The number of aryl methyl sites for hydroxylation is 1. The SMILES string of the molecule is CCOC(=O)[C@@H](NC(=O)OC(C)(C)C)[C@@H](NS(=O)(=O)c1ccc(C)cc1)c1ccccc1. The minimum absolute atomic E-state index is 0.0314. The molecule has 0 heterocycles. The summed E-state index contributed by atoms with van der Waals surface area (Å²) in [6.45, 7) is 8.56. The van der Waals surface area contributed by atoms with Crippen molar-refractivity contribution in [1.82, 2.24) is 10.0 Å². The molecule has 1 amide bonds. The normalized spacial score (nSPS) is 13.7. The third-order valence-electron chi connectivity index (χ3n) is 4.32. The van der Waals surface area contributed by atoms with E-state index in [2.05, 4.69) is 10.0 Å². The molecule has 0 aromatic heterocycles. The molecular formula is C23H30N2O6S. The number of alkyl carbamates (subject to hydrolysis) is 1. The Morgan fingerprint density at radius 1 is 1.00 bits per heavy atom. The lowest BCUT2D eigenvalue weighted by molar-refractivity contribution is -0.146. The van der Waals surface area contributed by atoms with Gasteiger partial charge in [0.2, 0.25) is 10.0 Å². The Morgan fingerprint density at radius 3 is 2.12 bits per heavy atom. The summed E-state index contributed by atoms with van der Waals surface area (Å²) < 4.78 is 39.2. The van der Waals surface area contributed by atoms with Crippen LogP contribution in [0.4, 0.5) is 4.79 Å². The van der Waals surface area contributed by atoms with Gasteiger partial charge >= 0.3 is 12.1 Å². The number of ether oxygens (including phenoxy) is 2. The van der Waals surface area contributed by atoms with Crippen LogP contribution in [0.3, 0.4) is 0 Å². The molecule has 0 saturated carbocycles. The van der Waals surface area contributed by atoms with Crippen molar-refractivity contribution >= 4 is 22.1 Å². The van der Waals surface area contributed by atoms with Crippen molar-refractivity contribution in [3.8, 4) is 0 Å². The van der Waals surface area contributed by atoms with Crippen LogP contribution >= 0.6 is 0 Å². The van der Waals surface area contributed by atoms with E-state index in [0.717, 1.165) is 5.56 Å². The molecule has 0 saturated heterocycles. The van der Waals surface area contributed by atoms with Gasteiger partial charge in [-0.2, -0.15) is 0 Å². The van der Waals surface area contributed by atoms with Crippen LogP contribution in [0, 0.1) is 6.92 Å². The number of carbonyl (C=O) groups excluding carboxylic acids is 2. The van der Waals surface area contributed by atoms with Crippen molar-refractivity contribution in [2.24, 2.45) is 0 Å². The molecular weight excluding hydrogens is 432 g/mol. The van der Waals surface area contributed by atoms with Gasteiger partial charge in [0.15, 0.2) is 6.04 Å². The van der Waals surface area contributed by atoms with Gasteiger partial charge in [-0.15, -0.1) is 0 Å². The summed E-state index contributed by atoms with van der Waals surface area (Å²) in [5.74, 6) is -0.793. The molecule has 2 N–H and O–H groups in total. The highest BCUT2D eigenvalue weighted by atomic mass is 32.2. The Hall–Kier alpha value is -2.91. The van der Waals surface area contributed by atoms with Gasteiger partial charge in [-0.05, 0) is 52.3 Å². The lowest BCUT2D eigenvalue weighted by Crippen LogP contribution is -2.52. The third-order valence-corrected chi connectivity index (χ3v) is 5.78. The minimum atomic E-state index is -4.04. The number of amides is 1. The summed E-state index contributed by atoms with van der Waals surface area (Å²) in [6, 6.07) is 12.3. The molecule has 2 aromatic carbocycles. The van der Waals surface area contributed by atoms with E-state index in [-0.39, 0.29) is 11.5 Å². The highest BCUT2D eigenvalue weighted by Crippen LogP contribution is 2.23. The number of hydrogen-bond donors (Lipinski definition) is 2. The van der Waals surface area contributed by atoms with Crippen LogP contribution in [0.2, 0.25) is 0 Å². The molecule has 0 spiro atoms. The topological polar surface area (TPSA) is 111 Å². The van der Waals surface area contributed by atoms with E-state index in [4.69, 9.17) is 9.47 Å². The first-order chi connectivity index (χ1) is 14.9.